The molecule has 6 heteroatoms. The van der Waals surface area contributed by atoms with Crippen molar-refractivity contribution < 1.29 is 4.79 Å². The van der Waals surface area contributed by atoms with Crippen molar-refractivity contribution in [3.63, 3.8) is 0 Å². The molecule has 2 aromatic heterocycles. The molecule has 0 unspecified atom stereocenters. The van der Waals surface area contributed by atoms with E-state index in [2.05, 4.69) is 10.2 Å². The summed E-state index contributed by atoms with van der Waals surface area (Å²) in [6.45, 7) is 4.72. The van der Waals surface area contributed by atoms with E-state index in [1.165, 1.54) is 10.8 Å². The highest BCUT2D eigenvalue weighted by Crippen LogP contribution is 2.15. The quantitative estimate of drug-likeness (QED) is 0.638. The van der Waals surface area contributed by atoms with E-state index in [-0.39, 0.29) is 11.5 Å². The summed E-state index contributed by atoms with van der Waals surface area (Å²) in [5, 5.41) is 8.70. The number of aromatic nitrogens is 4. The molecule has 0 fully saturated rings. The normalized spacial score (nSPS) is 11.4. The lowest BCUT2D eigenvalue weighted by Gasteiger charge is -1.90. The summed E-state index contributed by atoms with van der Waals surface area (Å²) in [4.78, 5) is 12.0. The van der Waals surface area contributed by atoms with E-state index in [9.17, 15) is 4.79 Å². The number of ketones is 1. The first-order chi connectivity index (χ1) is 9.01. The van der Waals surface area contributed by atoms with Crippen LogP contribution in [0.3, 0.4) is 0 Å². The lowest BCUT2D eigenvalue weighted by atomic mass is 10.2. The largest absolute Gasteiger partial charge is 0.287 e. The number of carbonyl (C=O) groups excluding carboxylic acids is 1. The summed E-state index contributed by atoms with van der Waals surface area (Å²) in [5.41, 5.74) is 2.07. The lowest BCUT2D eigenvalue weighted by molar-refractivity contribution is 0.104. The van der Waals surface area contributed by atoms with Crippen LogP contribution in [0.4, 0.5) is 0 Å². The molecule has 2 aromatic rings. The van der Waals surface area contributed by atoms with E-state index in [0.717, 1.165) is 17.8 Å². The Balaban J connectivity index is 2.20. The van der Waals surface area contributed by atoms with Gasteiger partial charge in [-0.25, -0.2) is 0 Å². The Morgan fingerprint density at radius 2 is 2.16 bits per heavy atom. The summed E-state index contributed by atoms with van der Waals surface area (Å²) in [7, 11) is 1.72. The predicted molar refractivity (Wildman–Crippen MR) is 74.2 cm³/mol. The van der Waals surface area contributed by atoms with Crippen LogP contribution < -0.4 is 0 Å². The standard InChI is InChI=1S/C13H15ClN4O/c1-4-18-7-10(9(2)15-18)5-6-12(19)13-11(14)8-17(3)16-13/h5-8H,4H2,1-3H3/b6-5+. The smallest absolute Gasteiger partial charge is 0.207 e. The number of rotatable bonds is 4. The first-order valence-electron chi connectivity index (χ1n) is 5.97. The van der Waals surface area contributed by atoms with Gasteiger partial charge in [-0.3, -0.25) is 14.2 Å². The van der Waals surface area contributed by atoms with Gasteiger partial charge in [0, 0.05) is 31.5 Å². The molecule has 0 aromatic carbocycles. The highest BCUT2D eigenvalue weighted by atomic mass is 35.5. The van der Waals surface area contributed by atoms with Crippen LogP contribution in [0, 0.1) is 6.92 Å². The van der Waals surface area contributed by atoms with Gasteiger partial charge < -0.3 is 0 Å². The fourth-order valence-corrected chi connectivity index (χ4v) is 2.00. The van der Waals surface area contributed by atoms with Gasteiger partial charge in [-0.1, -0.05) is 11.6 Å². The van der Waals surface area contributed by atoms with Gasteiger partial charge in [0.15, 0.2) is 5.69 Å². The number of hydrogen-bond acceptors (Lipinski definition) is 3. The zero-order valence-electron chi connectivity index (χ0n) is 11.1. The van der Waals surface area contributed by atoms with Crippen LogP contribution in [0.2, 0.25) is 5.02 Å². The Hall–Kier alpha value is -1.88. The number of nitrogens with zero attached hydrogens (tertiary/aromatic N) is 4. The second-order valence-corrected chi connectivity index (χ2v) is 4.63. The molecule has 0 N–H and O–H groups in total. The fraction of sp³-hybridized carbons (Fsp3) is 0.308. The minimum atomic E-state index is -0.214. The van der Waals surface area contributed by atoms with Gasteiger partial charge in [-0.15, -0.1) is 0 Å². The molecule has 0 atom stereocenters. The number of aryl methyl sites for hydroxylation is 3. The van der Waals surface area contributed by atoms with Crippen LogP contribution in [-0.4, -0.2) is 25.3 Å². The molecule has 2 heterocycles. The topological polar surface area (TPSA) is 52.7 Å². The number of halogens is 1. The van der Waals surface area contributed by atoms with Crippen LogP contribution in [0.15, 0.2) is 18.5 Å². The molecule has 0 saturated carbocycles. The van der Waals surface area contributed by atoms with Crippen LogP contribution in [0.25, 0.3) is 6.08 Å². The fourth-order valence-electron chi connectivity index (χ4n) is 1.73. The maximum absolute atomic E-state index is 12.0. The van der Waals surface area contributed by atoms with E-state index in [4.69, 9.17) is 11.6 Å². The molecule has 100 valence electrons. The maximum atomic E-state index is 12.0. The van der Waals surface area contributed by atoms with Crippen LogP contribution in [0.1, 0.15) is 28.7 Å². The Morgan fingerprint density at radius 1 is 1.42 bits per heavy atom. The van der Waals surface area contributed by atoms with Gasteiger partial charge in [0.25, 0.3) is 0 Å². The highest BCUT2D eigenvalue weighted by Gasteiger charge is 2.12. The lowest BCUT2D eigenvalue weighted by Crippen LogP contribution is -1.98. The minimum absolute atomic E-state index is 0.214. The summed E-state index contributed by atoms with van der Waals surface area (Å²) in [6.07, 6.45) is 6.71. The molecule has 0 aliphatic heterocycles. The SMILES string of the molecule is CCn1cc(/C=C/C(=O)c2nn(C)cc2Cl)c(C)n1. The molecule has 2 rings (SSSR count). The third-order valence-electron chi connectivity index (χ3n) is 2.74. The molecule has 0 aliphatic rings. The molecular formula is C13H15ClN4O. The van der Waals surface area contributed by atoms with Crippen molar-refractivity contribution >= 4 is 23.5 Å². The predicted octanol–water partition coefficient (Wildman–Crippen LogP) is 2.49. The molecule has 0 bridgehead atoms. The number of hydrogen-bond donors (Lipinski definition) is 0. The second-order valence-electron chi connectivity index (χ2n) is 4.22. The average molecular weight is 279 g/mol. The molecule has 19 heavy (non-hydrogen) atoms. The molecule has 0 amide bonds. The van der Waals surface area contributed by atoms with Crippen molar-refractivity contribution in [2.45, 2.75) is 20.4 Å². The van der Waals surface area contributed by atoms with Gasteiger partial charge in [-0.05, 0) is 26.0 Å². The Kier molecular flexibility index (Phi) is 3.85. The Bertz CT molecular complexity index is 639. The maximum Gasteiger partial charge on any atom is 0.207 e. The van der Waals surface area contributed by atoms with Crippen LogP contribution in [-0.2, 0) is 13.6 Å². The third kappa shape index (κ3) is 2.93. The van der Waals surface area contributed by atoms with Crippen molar-refractivity contribution in [2.24, 2.45) is 7.05 Å². The van der Waals surface area contributed by atoms with Gasteiger partial charge in [0.1, 0.15) is 0 Å². The second kappa shape index (κ2) is 5.40. The van der Waals surface area contributed by atoms with Gasteiger partial charge in [-0.2, -0.15) is 10.2 Å². The molecule has 0 radical (unpaired) electrons. The molecule has 5 nitrogen and oxygen atoms in total. The van der Waals surface area contributed by atoms with Crippen LogP contribution in [0.5, 0.6) is 0 Å². The summed E-state index contributed by atoms with van der Waals surface area (Å²) in [6, 6.07) is 0. The van der Waals surface area contributed by atoms with E-state index >= 15 is 0 Å². The molecule has 0 aliphatic carbocycles. The monoisotopic (exact) mass is 278 g/mol. The number of allylic oxidation sites excluding steroid dienone is 1. The van der Waals surface area contributed by atoms with Gasteiger partial charge in [0.2, 0.25) is 5.78 Å². The summed E-state index contributed by atoms with van der Waals surface area (Å²) in [5.74, 6) is -0.214. The van der Waals surface area contributed by atoms with Crippen molar-refractivity contribution in [1.82, 2.24) is 19.6 Å². The van der Waals surface area contributed by atoms with Crippen molar-refractivity contribution in [1.29, 1.82) is 0 Å². The van der Waals surface area contributed by atoms with E-state index in [1.807, 2.05) is 24.7 Å². The van der Waals surface area contributed by atoms with E-state index in [0.29, 0.717) is 5.02 Å². The first kappa shape index (κ1) is 13.5. The first-order valence-corrected chi connectivity index (χ1v) is 6.34. The number of carbonyl (C=O) groups is 1. The van der Waals surface area contributed by atoms with Crippen LogP contribution >= 0.6 is 11.6 Å². The average Bonchev–Trinajstić information content (AvgIpc) is 2.89. The summed E-state index contributed by atoms with van der Waals surface area (Å²) < 4.78 is 3.34. The zero-order valence-corrected chi connectivity index (χ0v) is 11.8. The van der Waals surface area contributed by atoms with Gasteiger partial charge in [0.05, 0.1) is 10.7 Å². The third-order valence-corrected chi connectivity index (χ3v) is 3.02. The zero-order chi connectivity index (χ0) is 14.0. The van der Waals surface area contributed by atoms with Crippen molar-refractivity contribution in [2.75, 3.05) is 0 Å². The highest BCUT2D eigenvalue weighted by molar-refractivity contribution is 6.34. The van der Waals surface area contributed by atoms with Crippen molar-refractivity contribution in [3.8, 4) is 0 Å². The molecule has 0 saturated heterocycles. The van der Waals surface area contributed by atoms with Crippen molar-refractivity contribution in [3.05, 3.63) is 40.4 Å². The molecule has 0 spiro atoms. The Labute approximate surface area is 116 Å². The minimum Gasteiger partial charge on any atom is -0.287 e. The Morgan fingerprint density at radius 3 is 2.68 bits per heavy atom. The van der Waals surface area contributed by atoms with Gasteiger partial charge >= 0.3 is 0 Å². The molecular weight excluding hydrogens is 264 g/mol. The summed E-state index contributed by atoms with van der Waals surface area (Å²) >= 11 is 5.93. The van der Waals surface area contributed by atoms with E-state index in [1.54, 1.807) is 19.3 Å². The van der Waals surface area contributed by atoms with E-state index < -0.39 is 0 Å².